The summed E-state index contributed by atoms with van der Waals surface area (Å²) < 4.78 is 37.7. The number of para-hydroxylation sites is 2. The van der Waals surface area contributed by atoms with Gasteiger partial charge < -0.3 is 20.5 Å². The molecule has 0 saturated carbocycles. The summed E-state index contributed by atoms with van der Waals surface area (Å²) in [6.45, 7) is 1.65. The van der Waals surface area contributed by atoms with E-state index in [1.165, 1.54) is 6.07 Å². The Balaban J connectivity index is 1.91. The fraction of sp³-hybridized carbons (Fsp3) is 0.316. The molecule has 0 aromatic heterocycles. The van der Waals surface area contributed by atoms with Crippen molar-refractivity contribution in [2.75, 3.05) is 31.8 Å². The maximum atomic E-state index is 14.5. The molecule has 0 radical (unpaired) electrons. The molecule has 3 N–H and O–H groups in total. The Kier molecular flexibility index (Phi) is 5.37. The van der Waals surface area contributed by atoms with E-state index in [4.69, 9.17) is 15.2 Å². The van der Waals surface area contributed by atoms with E-state index < -0.39 is 12.2 Å². The lowest BCUT2D eigenvalue weighted by atomic mass is 9.91. The van der Waals surface area contributed by atoms with Gasteiger partial charge in [-0.1, -0.05) is 12.1 Å². The molecule has 1 heterocycles. The van der Waals surface area contributed by atoms with Gasteiger partial charge in [0, 0.05) is 11.3 Å². The third-order valence-electron chi connectivity index (χ3n) is 4.07. The van der Waals surface area contributed by atoms with Gasteiger partial charge in [-0.2, -0.15) is 0 Å². The number of benzene rings is 2. The van der Waals surface area contributed by atoms with Crippen molar-refractivity contribution >= 4 is 17.2 Å². The Morgan fingerprint density at radius 3 is 2.88 bits per heavy atom. The first-order valence-electron chi connectivity index (χ1n) is 8.28. The first kappa shape index (κ1) is 18.1. The van der Waals surface area contributed by atoms with Crippen molar-refractivity contribution < 1.29 is 18.3 Å². The fourth-order valence-corrected chi connectivity index (χ4v) is 2.89. The minimum atomic E-state index is -0.894. The number of ether oxygens (including phenoxy) is 2. The number of amidine groups is 1. The van der Waals surface area contributed by atoms with Gasteiger partial charge in [0.1, 0.15) is 42.8 Å². The van der Waals surface area contributed by atoms with Crippen LogP contribution in [0.3, 0.4) is 0 Å². The summed E-state index contributed by atoms with van der Waals surface area (Å²) in [4.78, 5) is 4.39. The van der Waals surface area contributed by atoms with Gasteiger partial charge in [0.25, 0.3) is 0 Å². The quantitative estimate of drug-likeness (QED) is 0.826. The van der Waals surface area contributed by atoms with Crippen molar-refractivity contribution in [1.29, 1.82) is 0 Å². The van der Waals surface area contributed by atoms with Crippen LogP contribution in [0.5, 0.6) is 5.75 Å². The highest BCUT2D eigenvalue weighted by atomic mass is 19.1. The van der Waals surface area contributed by atoms with E-state index in [1.807, 2.05) is 6.07 Å². The molecule has 0 saturated heterocycles. The highest BCUT2D eigenvalue weighted by Crippen LogP contribution is 2.34. The van der Waals surface area contributed by atoms with Gasteiger partial charge in [-0.3, -0.25) is 4.99 Å². The molecule has 3 rings (SSSR count). The Labute approximate surface area is 150 Å². The zero-order valence-electron chi connectivity index (χ0n) is 14.5. The number of nitrogens with one attached hydrogen (secondary N) is 1. The van der Waals surface area contributed by atoms with Crippen LogP contribution in [0.25, 0.3) is 0 Å². The van der Waals surface area contributed by atoms with E-state index in [2.05, 4.69) is 10.3 Å². The number of nitrogens with zero attached hydrogens (tertiary/aromatic N) is 1. The highest BCUT2D eigenvalue weighted by molar-refractivity contribution is 5.82. The Bertz CT molecular complexity index is 813. The standard InChI is InChI=1S/C19H21F2N3O2/c1-19(12-25-11-18(22)24-19)14-10-13(6-7-15(14)21)23-16-4-2-3-5-17(16)26-9-8-20/h2-7,10,23H,8-9,11-12H2,1H3,(H2,22,24)/t19-/m0/s1. The van der Waals surface area contributed by atoms with E-state index >= 15 is 0 Å². The van der Waals surface area contributed by atoms with Crippen LogP contribution in [-0.4, -0.2) is 32.3 Å². The van der Waals surface area contributed by atoms with Gasteiger partial charge >= 0.3 is 0 Å². The van der Waals surface area contributed by atoms with Gasteiger partial charge in [-0.15, -0.1) is 0 Å². The molecule has 2 aromatic carbocycles. The summed E-state index contributed by atoms with van der Waals surface area (Å²) in [5.74, 6) is 0.467. The molecule has 0 spiro atoms. The number of rotatable bonds is 6. The molecule has 0 fully saturated rings. The Morgan fingerprint density at radius 1 is 1.31 bits per heavy atom. The van der Waals surface area contributed by atoms with Crippen LogP contribution in [0.4, 0.5) is 20.2 Å². The van der Waals surface area contributed by atoms with Crippen molar-refractivity contribution in [3.05, 3.63) is 53.8 Å². The van der Waals surface area contributed by atoms with E-state index in [9.17, 15) is 8.78 Å². The Morgan fingerprint density at radius 2 is 2.12 bits per heavy atom. The first-order chi connectivity index (χ1) is 12.5. The largest absolute Gasteiger partial charge is 0.489 e. The number of hydrogen-bond acceptors (Lipinski definition) is 5. The minimum Gasteiger partial charge on any atom is -0.489 e. The molecule has 5 nitrogen and oxygen atoms in total. The summed E-state index contributed by atoms with van der Waals surface area (Å²) in [7, 11) is 0. The number of alkyl halides is 1. The van der Waals surface area contributed by atoms with E-state index in [-0.39, 0.29) is 25.6 Å². The maximum absolute atomic E-state index is 14.5. The number of aliphatic imine (C=N–C) groups is 1. The van der Waals surface area contributed by atoms with E-state index in [0.717, 1.165) is 0 Å². The van der Waals surface area contributed by atoms with Crippen LogP contribution in [0.2, 0.25) is 0 Å². The fourth-order valence-electron chi connectivity index (χ4n) is 2.89. The van der Waals surface area contributed by atoms with Gasteiger partial charge in [0.15, 0.2) is 0 Å². The molecule has 0 bridgehead atoms. The van der Waals surface area contributed by atoms with Crippen LogP contribution in [-0.2, 0) is 10.3 Å². The molecule has 26 heavy (non-hydrogen) atoms. The maximum Gasteiger partial charge on any atom is 0.142 e. The van der Waals surface area contributed by atoms with Crippen LogP contribution < -0.4 is 15.8 Å². The molecule has 1 aliphatic rings. The lowest BCUT2D eigenvalue weighted by Crippen LogP contribution is -2.38. The van der Waals surface area contributed by atoms with Gasteiger partial charge in [-0.05, 0) is 37.3 Å². The summed E-state index contributed by atoms with van der Waals surface area (Å²) in [5.41, 5.74) is 6.56. The lowest BCUT2D eigenvalue weighted by Gasteiger charge is -2.30. The molecule has 0 amide bonds. The normalized spacial score (nSPS) is 19.7. The zero-order valence-corrected chi connectivity index (χ0v) is 14.5. The van der Waals surface area contributed by atoms with Crippen LogP contribution in [0.1, 0.15) is 12.5 Å². The van der Waals surface area contributed by atoms with Gasteiger partial charge in [-0.25, -0.2) is 8.78 Å². The SMILES string of the molecule is C[C@@]1(c2cc(Nc3ccccc3OCCF)ccc2F)COCC(N)=N1. The molecule has 0 unspecified atom stereocenters. The van der Waals surface area contributed by atoms with Gasteiger partial charge in [0.2, 0.25) is 0 Å². The van der Waals surface area contributed by atoms with E-state index in [1.54, 1.807) is 37.3 Å². The van der Waals surface area contributed by atoms with Crippen LogP contribution in [0, 0.1) is 5.82 Å². The monoisotopic (exact) mass is 361 g/mol. The number of hydrogen-bond donors (Lipinski definition) is 2. The summed E-state index contributed by atoms with van der Waals surface area (Å²) >= 11 is 0. The second-order valence-electron chi connectivity index (χ2n) is 6.22. The second kappa shape index (κ2) is 7.70. The topological polar surface area (TPSA) is 68.9 Å². The molecule has 138 valence electrons. The molecular formula is C19H21F2N3O2. The van der Waals surface area contributed by atoms with E-state index in [0.29, 0.717) is 28.5 Å². The van der Waals surface area contributed by atoms with Gasteiger partial charge in [0.05, 0.1) is 12.3 Å². The van der Waals surface area contributed by atoms with Crippen molar-refractivity contribution in [2.24, 2.45) is 10.7 Å². The summed E-state index contributed by atoms with van der Waals surface area (Å²) in [6.07, 6.45) is 0. The molecule has 1 atom stereocenters. The molecule has 7 heteroatoms. The molecular weight excluding hydrogens is 340 g/mol. The Hall–Kier alpha value is -2.67. The van der Waals surface area contributed by atoms with Crippen LogP contribution >= 0.6 is 0 Å². The molecule has 1 aliphatic heterocycles. The number of anilines is 2. The second-order valence-corrected chi connectivity index (χ2v) is 6.22. The average molecular weight is 361 g/mol. The van der Waals surface area contributed by atoms with Crippen molar-refractivity contribution in [3.8, 4) is 5.75 Å². The van der Waals surface area contributed by atoms with Crippen molar-refractivity contribution in [3.63, 3.8) is 0 Å². The van der Waals surface area contributed by atoms with Crippen LogP contribution in [0.15, 0.2) is 47.5 Å². The lowest BCUT2D eigenvalue weighted by molar-refractivity contribution is 0.104. The van der Waals surface area contributed by atoms with Crippen molar-refractivity contribution in [1.82, 2.24) is 0 Å². The third-order valence-corrected chi connectivity index (χ3v) is 4.07. The summed E-state index contributed by atoms with van der Waals surface area (Å²) in [6, 6.07) is 11.8. The third kappa shape index (κ3) is 3.94. The number of nitrogens with two attached hydrogens (primary N) is 1. The average Bonchev–Trinajstić information content (AvgIpc) is 2.62. The number of halogens is 2. The minimum absolute atomic E-state index is 0.0310. The summed E-state index contributed by atoms with van der Waals surface area (Å²) in [5, 5.41) is 3.18. The highest BCUT2D eigenvalue weighted by Gasteiger charge is 2.32. The first-order valence-corrected chi connectivity index (χ1v) is 8.28. The molecule has 0 aliphatic carbocycles. The zero-order chi connectivity index (χ0) is 18.6. The predicted octanol–water partition coefficient (Wildman–Crippen LogP) is 3.52. The molecule has 2 aromatic rings. The van der Waals surface area contributed by atoms with Crippen molar-refractivity contribution in [2.45, 2.75) is 12.5 Å². The smallest absolute Gasteiger partial charge is 0.142 e. The predicted molar refractivity (Wildman–Crippen MR) is 97.4 cm³/mol.